The third kappa shape index (κ3) is 4.33. The van der Waals surface area contributed by atoms with Crippen LogP contribution >= 0.6 is 57.9 Å². The van der Waals surface area contributed by atoms with Crippen LogP contribution in [0.5, 0.6) is 0 Å². The number of thioether (sulfide) groups is 1. The van der Waals surface area contributed by atoms with Crippen LogP contribution < -0.4 is 9.77 Å². The van der Waals surface area contributed by atoms with E-state index >= 15 is 0 Å². The van der Waals surface area contributed by atoms with Gasteiger partial charge >= 0.3 is 4.87 Å². The Labute approximate surface area is 235 Å². The molecule has 10 heteroatoms. The molecular weight excluding hydrogens is 571 g/mol. The molecular formula is C27H17Cl3N2O3S2. The van der Waals surface area contributed by atoms with E-state index in [1.54, 1.807) is 53.1 Å². The summed E-state index contributed by atoms with van der Waals surface area (Å²) in [7, 11) is 0. The highest BCUT2D eigenvalue weighted by atomic mass is 35.5. The zero-order valence-corrected chi connectivity index (χ0v) is 22.8. The topological polar surface area (TPSA) is 59.4 Å². The number of fused-ring (bicyclic) bond motifs is 2. The second-order valence-corrected chi connectivity index (χ2v) is 12.3. The van der Waals surface area contributed by atoms with Gasteiger partial charge in [0.15, 0.2) is 0 Å². The first-order valence-corrected chi connectivity index (χ1v) is 14.2. The van der Waals surface area contributed by atoms with Crippen molar-refractivity contribution in [1.29, 1.82) is 0 Å². The number of halogens is 3. The molecule has 3 atom stereocenters. The van der Waals surface area contributed by atoms with Gasteiger partial charge < -0.3 is 0 Å². The number of carbonyl (C=O) groups is 2. The summed E-state index contributed by atoms with van der Waals surface area (Å²) in [5, 5.41) is 1.73. The fourth-order valence-electron chi connectivity index (χ4n) is 4.90. The molecule has 0 radical (unpaired) electrons. The standard InChI is InChI=1S/C27H17Cl3N2O3S2/c28-16-5-1-14(2-6-16)13-31-26-23(37-27(31)35)20(15-3-7-17(29)8-4-15)21-22(36-26)25(34)32(24(21)33)19-11-9-18(30)10-12-19/h1-12,20-22H,13H2/t20-,21-,22+/m0/s1. The van der Waals surface area contributed by atoms with E-state index in [4.69, 9.17) is 34.8 Å². The second kappa shape index (κ2) is 9.64. The van der Waals surface area contributed by atoms with Crippen molar-refractivity contribution < 1.29 is 9.59 Å². The van der Waals surface area contributed by atoms with E-state index in [1.165, 1.54) is 16.7 Å². The molecule has 2 amide bonds. The SMILES string of the molecule is O=C1[C@H]2[C@H](c3ccc(Cl)cc3)c3sc(=O)n(Cc4ccc(Cl)cc4)c3S[C@H]2C(=O)N1c1ccc(Cl)cc1. The van der Waals surface area contributed by atoms with E-state index in [9.17, 15) is 14.4 Å². The quantitative estimate of drug-likeness (QED) is 0.249. The minimum Gasteiger partial charge on any atom is -0.289 e. The van der Waals surface area contributed by atoms with Gasteiger partial charge in [-0.25, -0.2) is 4.90 Å². The van der Waals surface area contributed by atoms with Crippen LogP contribution in [0.25, 0.3) is 0 Å². The fraction of sp³-hybridized carbons (Fsp3) is 0.148. The van der Waals surface area contributed by atoms with Crippen LogP contribution in [0, 0.1) is 5.92 Å². The van der Waals surface area contributed by atoms with E-state index < -0.39 is 17.1 Å². The van der Waals surface area contributed by atoms with E-state index in [0.29, 0.717) is 32.3 Å². The van der Waals surface area contributed by atoms with Crippen molar-refractivity contribution in [1.82, 2.24) is 4.57 Å². The van der Waals surface area contributed by atoms with Crippen LogP contribution in [-0.2, 0) is 16.1 Å². The smallest absolute Gasteiger partial charge is 0.289 e. The van der Waals surface area contributed by atoms with Gasteiger partial charge in [0.1, 0.15) is 5.25 Å². The Morgan fingerprint density at radius 3 is 1.92 bits per heavy atom. The number of amides is 2. The average molecular weight is 588 g/mol. The number of aromatic nitrogens is 1. The van der Waals surface area contributed by atoms with Gasteiger partial charge in [-0.3, -0.25) is 19.0 Å². The normalized spacial score (nSPS) is 20.7. The molecule has 3 aromatic carbocycles. The van der Waals surface area contributed by atoms with Crippen LogP contribution in [0.3, 0.4) is 0 Å². The molecule has 3 heterocycles. The summed E-state index contributed by atoms with van der Waals surface area (Å²) >= 11 is 20.7. The summed E-state index contributed by atoms with van der Waals surface area (Å²) in [5.41, 5.74) is 2.22. The lowest BCUT2D eigenvalue weighted by atomic mass is 9.83. The lowest BCUT2D eigenvalue weighted by Crippen LogP contribution is -2.32. The highest BCUT2D eigenvalue weighted by Crippen LogP contribution is 2.54. The Kier molecular flexibility index (Phi) is 6.45. The number of benzene rings is 3. The fourth-order valence-corrected chi connectivity index (χ4v) is 8.05. The minimum absolute atomic E-state index is 0.138. The maximum absolute atomic E-state index is 13.9. The molecule has 1 saturated heterocycles. The summed E-state index contributed by atoms with van der Waals surface area (Å²) in [6, 6.07) is 21.2. The first-order valence-electron chi connectivity index (χ1n) is 11.4. The second-order valence-electron chi connectivity index (χ2n) is 8.83. The number of imide groups is 1. The van der Waals surface area contributed by atoms with Crippen LogP contribution in [0.2, 0.25) is 15.1 Å². The zero-order valence-electron chi connectivity index (χ0n) is 18.9. The molecule has 2 aliphatic heterocycles. The molecule has 0 bridgehead atoms. The number of thiazole rings is 1. The molecule has 4 aromatic rings. The molecule has 186 valence electrons. The summed E-state index contributed by atoms with van der Waals surface area (Å²) < 4.78 is 1.69. The number of hydrogen-bond donors (Lipinski definition) is 0. The van der Waals surface area contributed by atoms with Gasteiger partial charge in [0.2, 0.25) is 11.8 Å². The van der Waals surface area contributed by atoms with Gasteiger partial charge in [-0.05, 0) is 59.7 Å². The van der Waals surface area contributed by atoms with Crippen LogP contribution in [-0.4, -0.2) is 21.6 Å². The highest BCUT2D eigenvalue weighted by molar-refractivity contribution is 8.00. The summed E-state index contributed by atoms with van der Waals surface area (Å²) in [4.78, 5) is 42.7. The predicted octanol–water partition coefficient (Wildman–Crippen LogP) is 6.71. The van der Waals surface area contributed by atoms with Crippen LogP contribution in [0.1, 0.15) is 21.9 Å². The first kappa shape index (κ1) is 24.8. The first-order chi connectivity index (χ1) is 17.8. The van der Waals surface area contributed by atoms with Gasteiger partial charge in [0, 0.05) is 25.9 Å². The largest absolute Gasteiger partial charge is 0.308 e. The highest BCUT2D eigenvalue weighted by Gasteiger charge is 2.56. The minimum atomic E-state index is -0.679. The lowest BCUT2D eigenvalue weighted by Gasteiger charge is -2.30. The van der Waals surface area contributed by atoms with Crippen molar-refractivity contribution in [3.8, 4) is 0 Å². The van der Waals surface area contributed by atoms with Crippen molar-refractivity contribution in [2.75, 3.05) is 4.90 Å². The van der Waals surface area contributed by atoms with Gasteiger partial charge in [0.05, 0.1) is 23.2 Å². The Bertz CT molecular complexity index is 1580. The van der Waals surface area contributed by atoms with E-state index in [2.05, 4.69) is 0 Å². The molecule has 0 saturated carbocycles. The summed E-state index contributed by atoms with van der Waals surface area (Å²) in [6.45, 7) is 0.336. The monoisotopic (exact) mass is 586 g/mol. The van der Waals surface area contributed by atoms with Crippen molar-refractivity contribution in [3.05, 3.63) is 114 Å². The number of hydrogen-bond acceptors (Lipinski definition) is 5. The Morgan fingerprint density at radius 2 is 1.30 bits per heavy atom. The molecule has 0 N–H and O–H groups in total. The lowest BCUT2D eigenvalue weighted by molar-refractivity contribution is -0.122. The van der Waals surface area contributed by atoms with Crippen molar-refractivity contribution >= 4 is 75.4 Å². The zero-order chi connectivity index (χ0) is 25.8. The van der Waals surface area contributed by atoms with Crippen LogP contribution in [0.15, 0.2) is 82.6 Å². The van der Waals surface area contributed by atoms with Crippen molar-refractivity contribution in [3.63, 3.8) is 0 Å². The Morgan fingerprint density at radius 1 is 0.730 bits per heavy atom. The Hall–Kier alpha value is -2.55. The van der Waals surface area contributed by atoms with Gasteiger partial charge in [-0.1, -0.05) is 82.2 Å². The summed E-state index contributed by atoms with van der Waals surface area (Å²) in [5.74, 6) is -1.72. The molecule has 2 aliphatic rings. The van der Waals surface area contributed by atoms with Crippen molar-refractivity contribution in [2.45, 2.75) is 22.7 Å². The van der Waals surface area contributed by atoms with E-state index in [-0.39, 0.29) is 16.7 Å². The third-order valence-corrected chi connectivity index (χ3v) is 9.98. The maximum Gasteiger partial charge on any atom is 0.308 e. The van der Waals surface area contributed by atoms with E-state index in [1.807, 2.05) is 24.3 Å². The van der Waals surface area contributed by atoms with E-state index in [0.717, 1.165) is 27.3 Å². The number of anilines is 1. The average Bonchev–Trinajstić information content (AvgIpc) is 3.33. The van der Waals surface area contributed by atoms with Crippen molar-refractivity contribution in [2.24, 2.45) is 5.92 Å². The summed E-state index contributed by atoms with van der Waals surface area (Å²) in [6.07, 6.45) is 0. The molecule has 0 aliphatic carbocycles. The maximum atomic E-state index is 13.9. The molecule has 0 unspecified atom stereocenters. The van der Waals surface area contributed by atoms with Gasteiger partial charge in [0.25, 0.3) is 0 Å². The van der Waals surface area contributed by atoms with Gasteiger partial charge in [-0.2, -0.15) is 0 Å². The Balaban J connectivity index is 1.48. The molecule has 37 heavy (non-hydrogen) atoms. The number of rotatable bonds is 4. The molecule has 1 fully saturated rings. The third-order valence-electron chi connectivity index (χ3n) is 6.62. The molecule has 5 nitrogen and oxygen atoms in total. The molecule has 0 spiro atoms. The predicted molar refractivity (Wildman–Crippen MR) is 150 cm³/mol. The van der Waals surface area contributed by atoms with Gasteiger partial charge in [-0.15, -0.1) is 0 Å². The molecule has 6 rings (SSSR count). The molecule has 1 aromatic heterocycles. The van der Waals surface area contributed by atoms with Crippen LogP contribution in [0.4, 0.5) is 5.69 Å². The number of nitrogens with zero attached hydrogens (tertiary/aromatic N) is 2. The number of carbonyl (C=O) groups excluding carboxylic acids is 2.